The van der Waals surface area contributed by atoms with Crippen molar-refractivity contribution in [3.63, 3.8) is 0 Å². The summed E-state index contributed by atoms with van der Waals surface area (Å²) < 4.78 is 10.6. The van der Waals surface area contributed by atoms with Gasteiger partial charge in [-0.2, -0.15) is 5.26 Å². The van der Waals surface area contributed by atoms with E-state index in [1.807, 2.05) is 6.92 Å². The highest BCUT2D eigenvalue weighted by Crippen LogP contribution is 2.25. The zero-order chi connectivity index (χ0) is 17.4. The third-order valence-electron chi connectivity index (χ3n) is 3.20. The van der Waals surface area contributed by atoms with Gasteiger partial charge in [0.15, 0.2) is 0 Å². The Kier molecular flexibility index (Phi) is 6.03. The molecule has 0 aliphatic heterocycles. The molecular weight excluding hydrogens is 306 g/mol. The Morgan fingerprint density at radius 1 is 1.25 bits per heavy atom. The van der Waals surface area contributed by atoms with Crippen LogP contribution in [0.4, 0.5) is 11.4 Å². The van der Waals surface area contributed by atoms with Crippen LogP contribution in [0.25, 0.3) is 0 Å². The summed E-state index contributed by atoms with van der Waals surface area (Å²) in [4.78, 5) is 12.1. The maximum absolute atomic E-state index is 12.1. The number of hydrogen-bond acceptors (Lipinski definition) is 5. The van der Waals surface area contributed by atoms with Gasteiger partial charge >= 0.3 is 0 Å². The van der Waals surface area contributed by atoms with Crippen molar-refractivity contribution in [3.8, 4) is 17.6 Å². The largest absolute Gasteiger partial charge is 0.497 e. The van der Waals surface area contributed by atoms with Crippen LogP contribution in [0.1, 0.15) is 12.5 Å². The third kappa shape index (κ3) is 4.65. The fraction of sp³-hybridized carbons (Fsp3) is 0.222. The van der Waals surface area contributed by atoms with Gasteiger partial charge in [-0.15, -0.1) is 0 Å². The van der Waals surface area contributed by atoms with Gasteiger partial charge in [-0.3, -0.25) is 4.79 Å². The molecule has 0 atom stereocenters. The van der Waals surface area contributed by atoms with Gasteiger partial charge in [-0.25, -0.2) is 0 Å². The molecule has 2 aromatic rings. The number of carbonyl (C=O) groups excluding carboxylic acids is 1. The van der Waals surface area contributed by atoms with Gasteiger partial charge in [0.25, 0.3) is 0 Å². The van der Waals surface area contributed by atoms with E-state index in [-0.39, 0.29) is 12.5 Å². The van der Waals surface area contributed by atoms with Crippen molar-refractivity contribution < 1.29 is 14.3 Å². The van der Waals surface area contributed by atoms with Crippen LogP contribution in [0, 0.1) is 11.3 Å². The van der Waals surface area contributed by atoms with Crippen molar-refractivity contribution in [1.29, 1.82) is 5.26 Å². The van der Waals surface area contributed by atoms with E-state index in [4.69, 9.17) is 14.7 Å². The average Bonchev–Trinajstić information content (AvgIpc) is 2.61. The number of nitriles is 1. The molecule has 0 saturated heterocycles. The molecule has 2 rings (SSSR count). The first kappa shape index (κ1) is 17.2. The van der Waals surface area contributed by atoms with Gasteiger partial charge in [-0.1, -0.05) is 6.07 Å². The molecule has 0 aromatic heterocycles. The Hall–Kier alpha value is -3.20. The molecule has 0 aliphatic rings. The van der Waals surface area contributed by atoms with Gasteiger partial charge in [0, 0.05) is 11.8 Å². The van der Waals surface area contributed by atoms with Crippen LogP contribution in [0.15, 0.2) is 42.5 Å². The third-order valence-corrected chi connectivity index (χ3v) is 3.20. The van der Waals surface area contributed by atoms with E-state index in [0.717, 1.165) is 0 Å². The summed E-state index contributed by atoms with van der Waals surface area (Å²) in [5.74, 6) is 1.06. The van der Waals surface area contributed by atoms with Crippen LogP contribution >= 0.6 is 0 Å². The predicted molar refractivity (Wildman–Crippen MR) is 92.4 cm³/mol. The van der Waals surface area contributed by atoms with Crippen molar-refractivity contribution in [1.82, 2.24) is 0 Å². The van der Waals surface area contributed by atoms with Crippen LogP contribution in [-0.2, 0) is 4.79 Å². The number of nitrogens with one attached hydrogen (secondary N) is 2. The van der Waals surface area contributed by atoms with Crippen molar-refractivity contribution in [3.05, 3.63) is 48.0 Å². The van der Waals surface area contributed by atoms with Gasteiger partial charge in [0.1, 0.15) is 11.5 Å². The van der Waals surface area contributed by atoms with Gasteiger partial charge in [0.2, 0.25) is 5.91 Å². The van der Waals surface area contributed by atoms with E-state index < -0.39 is 0 Å². The van der Waals surface area contributed by atoms with Gasteiger partial charge < -0.3 is 20.1 Å². The Bertz CT molecular complexity index is 753. The molecule has 0 spiro atoms. The minimum atomic E-state index is -0.215. The highest BCUT2D eigenvalue weighted by Gasteiger charge is 2.08. The van der Waals surface area contributed by atoms with Crippen LogP contribution in [-0.4, -0.2) is 26.2 Å². The molecule has 2 aromatic carbocycles. The highest BCUT2D eigenvalue weighted by molar-refractivity contribution is 5.94. The van der Waals surface area contributed by atoms with E-state index in [9.17, 15) is 4.79 Å². The summed E-state index contributed by atoms with van der Waals surface area (Å²) in [6.45, 7) is 2.42. The molecule has 0 bridgehead atoms. The molecule has 0 aliphatic carbocycles. The summed E-state index contributed by atoms with van der Waals surface area (Å²) >= 11 is 0. The highest BCUT2D eigenvalue weighted by atomic mass is 16.5. The van der Waals surface area contributed by atoms with Crippen molar-refractivity contribution in [2.75, 3.05) is 30.9 Å². The summed E-state index contributed by atoms with van der Waals surface area (Å²) in [6.07, 6.45) is 0. The summed E-state index contributed by atoms with van der Waals surface area (Å²) in [7, 11) is 1.57. The minimum absolute atomic E-state index is 0.0478. The molecule has 24 heavy (non-hydrogen) atoms. The van der Waals surface area contributed by atoms with Crippen molar-refractivity contribution in [2.24, 2.45) is 0 Å². The lowest BCUT2D eigenvalue weighted by Gasteiger charge is -2.13. The van der Waals surface area contributed by atoms with Gasteiger partial charge in [0.05, 0.1) is 37.6 Å². The topological polar surface area (TPSA) is 83.4 Å². The average molecular weight is 325 g/mol. The lowest BCUT2D eigenvalue weighted by molar-refractivity contribution is -0.114. The summed E-state index contributed by atoms with van der Waals surface area (Å²) in [5.41, 5.74) is 1.75. The smallest absolute Gasteiger partial charge is 0.243 e. The molecule has 0 heterocycles. The SMILES string of the molecule is CCOc1ccc(C#N)cc1NCC(=O)Nc1cccc(OC)c1. The fourth-order valence-electron chi connectivity index (χ4n) is 2.10. The molecule has 0 unspecified atom stereocenters. The van der Waals surface area contributed by atoms with Crippen LogP contribution < -0.4 is 20.1 Å². The van der Waals surface area contributed by atoms with Crippen LogP contribution in [0.5, 0.6) is 11.5 Å². The molecule has 124 valence electrons. The molecular formula is C18H19N3O3. The lowest BCUT2D eigenvalue weighted by Crippen LogP contribution is -2.22. The number of hydrogen-bond donors (Lipinski definition) is 2. The first-order valence-electron chi connectivity index (χ1n) is 7.51. The van der Waals surface area contributed by atoms with E-state index in [0.29, 0.717) is 35.0 Å². The zero-order valence-electron chi connectivity index (χ0n) is 13.6. The molecule has 0 radical (unpaired) electrons. The second kappa shape index (κ2) is 8.44. The normalized spacial score (nSPS) is 9.71. The number of ether oxygens (including phenoxy) is 2. The predicted octanol–water partition coefficient (Wildman–Crippen LogP) is 3.02. The van der Waals surface area contributed by atoms with Crippen LogP contribution in [0.3, 0.4) is 0 Å². The molecule has 1 amide bonds. The molecule has 0 fully saturated rings. The van der Waals surface area contributed by atoms with Crippen LogP contribution in [0.2, 0.25) is 0 Å². The number of benzene rings is 2. The van der Waals surface area contributed by atoms with Crippen molar-refractivity contribution >= 4 is 17.3 Å². The quantitative estimate of drug-likeness (QED) is 0.817. The van der Waals surface area contributed by atoms with E-state index in [1.54, 1.807) is 49.6 Å². The Morgan fingerprint density at radius 2 is 2.08 bits per heavy atom. The monoisotopic (exact) mass is 325 g/mol. The van der Waals surface area contributed by atoms with E-state index in [2.05, 4.69) is 16.7 Å². The molecule has 6 heteroatoms. The Balaban J connectivity index is 2.01. The number of rotatable bonds is 7. The van der Waals surface area contributed by atoms with Crippen molar-refractivity contribution in [2.45, 2.75) is 6.92 Å². The maximum Gasteiger partial charge on any atom is 0.243 e. The first-order valence-corrected chi connectivity index (χ1v) is 7.51. The zero-order valence-corrected chi connectivity index (χ0v) is 13.6. The van der Waals surface area contributed by atoms with Gasteiger partial charge in [-0.05, 0) is 37.3 Å². The number of amides is 1. The summed E-state index contributed by atoms with van der Waals surface area (Å²) in [6, 6.07) is 14.2. The molecule has 6 nitrogen and oxygen atoms in total. The minimum Gasteiger partial charge on any atom is -0.497 e. The number of anilines is 2. The standard InChI is InChI=1S/C18H19N3O3/c1-3-24-17-8-7-13(11-19)9-16(17)20-12-18(22)21-14-5-4-6-15(10-14)23-2/h4-10,20H,3,12H2,1-2H3,(H,21,22). The first-order chi connectivity index (χ1) is 11.7. The lowest BCUT2D eigenvalue weighted by atomic mass is 10.2. The molecule has 2 N–H and O–H groups in total. The second-order valence-corrected chi connectivity index (χ2v) is 4.89. The number of carbonyl (C=O) groups is 1. The second-order valence-electron chi connectivity index (χ2n) is 4.89. The Morgan fingerprint density at radius 3 is 2.79 bits per heavy atom. The van der Waals surface area contributed by atoms with E-state index in [1.165, 1.54) is 0 Å². The summed E-state index contributed by atoms with van der Waals surface area (Å²) in [5, 5.41) is 14.8. The number of nitrogens with zero attached hydrogens (tertiary/aromatic N) is 1. The fourth-order valence-corrected chi connectivity index (χ4v) is 2.10. The van der Waals surface area contributed by atoms with E-state index >= 15 is 0 Å². The Labute approximate surface area is 141 Å². The maximum atomic E-state index is 12.1. The molecule has 0 saturated carbocycles. The number of methoxy groups -OCH3 is 1.